The van der Waals surface area contributed by atoms with Gasteiger partial charge in [-0.3, -0.25) is 4.79 Å². The number of rotatable bonds is 5. The predicted octanol–water partition coefficient (Wildman–Crippen LogP) is 0.635. The van der Waals surface area contributed by atoms with Crippen molar-refractivity contribution in [2.75, 3.05) is 13.2 Å². The van der Waals surface area contributed by atoms with Gasteiger partial charge in [0.25, 0.3) is 5.89 Å². The number of aromatic nitrogens is 3. The SMILES string of the molecule is CCOCC(C)(N)c1noc(-c2c[nH]ccc2=O)n1. The highest BCUT2D eigenvalue weighted by molar-refractivity contribution is 5.50. The van der Waals surface area contributed by atoms with Gasteiger partial charge in [-0.25, -0.2) is 0 Å². The topological polar surface area (TPSA) is 107 Å². The summed E-state index contributed by atoms with van der Waals surface area (Å²) >= 11 is 0. The number of hydrogen-bond donors (Lipinski definition) is 2. The Kier molecular flexibility index (Phi) is 3.77. The third kappa shape index (κ3) is 2.88. The van der Waals surface area contributed by atoms with E-state index in [9.17, 15) is 4.79 Å². The quantitative estimate of drug-likeness (QED) is 0.820. The molecule has 0 aliphatic rings. The molecule has 1 unspecified atom stereocenters. The fourth-order valence-corrected chi connectivity index (χ4v) is 1.53. The van der Waals surface area contributed by atoms with Crippen molar-refractivity contribution in [3.63, 3.8) is 0 Å². The second-order valence-electron chi connectivity index (χ2n) is 4.40. The molecule has 0 aliphatic carbocycles. The molecule has 2 aromatic rings. The Hall–Kier alpha value is -1.99. The lowest BCUT2D eigenvalue weighted by molar-refractivity contribution is 0.0962. The lowest BCUT2D eigenvalue weighted by atomic mass is 10.1. The number of nitrogens with zero attached hydrogens (tertiary/aromatic N) is 2. The standard InChI is InChI=1S/C12H16N4O3/c1-3-18-7-12(2,13)11-15-10(19-16-11)8-6-14-5-4-9(8)17/h4-6H,3,7,13H2,1-2H3,(H,14,17). The summed E-state index contributed by atoms with van der Waals surface area (Å²) in [6, 6.07) is 1.39. The normalized spacial score (nSPS) is 14.3. The molecule has 0 fully saturated rings. The first-order valence-electron chi connectivity index (χ1n) is 5.93. The van der Waals surface area contributed by atoms with E-state index in [-0.39, 0.29) is 17.9 Å². The molecule has 19 heavy (non-hydrogen) atoms. The van der Waals surface area contributed by atoms with Gasteiger partial charge in [-0.2, -0.15) is 4.98 Å². The van der Waals surface area contributed by atoms with Crippen molar-refractivity contribution in [1.82, 2.24) is 15.1 Å². The molecule has 0 saturated heterocycles. The van der Waals surface area contributed by atoms with Crippen LogP contribution in [0.4, 0.5) is 0 Å². The number of nitrogens with one attached hydrogen (secondary N) is 1. The third-order valence-electron chi connectivity index (χ3n) is 2.60. The Morgan fingerprint density at radius 1 is 1.58 bits per heavy atom. The van der Waals surface area contributed by atoms with Gasteiger partial charge in [0.05, 0.1) is 6.61 Å². The molecule has 0 saturated carbocycles. The van der Waals surface area contributed by atoms with Crippen LogP contribution in [0.1, 0.15) is 19.7 Å². The maximum absolute atomic E-state index is 11.6. The van der Waals surface area contributed by atoms with Crippen molar-refractivity contribution in [1.29, 1.82) is 0 Å². The van der Waals surface area contributed by atoms with Crippen LogP contribution in [0, 0.1) is 0 Å². The summed E-state index contributed by atoms with van der Waals surface area (Å²) in [5, 5.41) is 3.81. The van der Waals surface area contributed by atoms with Crippen LogP contribution >= 0.6 is 0 Å². The minimum atomic E-state index is -0.862. The van der Waals surface area contributed by atoms with Crippen LogP contribution in [0.2, 0.25) is 0 Å². The Bertz CT molecular complexity index is 603. The Labute approximate surface area is 109 Å². The molecule has 0 aromatic carbocycles. The Morgan fingerprint density at radius 2 is 2.37 bits per heavy atom. The zero-order valence-electron chi connectivity index (χ0n) is 10.8. The molecule has 0 radical (unpaired) electrons. The molecule has 7 heteroatoms. The number of aromatic amines is 1. The van der Waals surface area contributed by atoms with E-state index in [4.69, 9.17) is 15.0 Å². The van der Waals surface area contributed by atoms with Gasteiger partial charge in [0.1, 0.15) is 11.1 Å². The average molecular weight is 264 g/mol. The first-order chi connectivity index (χ1) is 9.04. The molecule has 0 amide bonds. The van der Waals surface area contributed by atoms with Gasteiger partial charge in [-0.05, 0) is 13.8 Å². The summed E-state index contributed by atoms with van der Waals surface area (Å²) in [4.78, 5) is 18.6. The highest BCUT2D eigenvalue weighted by atomic mass is 16.5. The van der Waals surface area contributed by atoms with E-state index in [0.717, 1.165) is 0 Å². The number of ether oxygens (including phenoxy) is 1. The molecule has 7 nitrogen and oxygen atoms in total. The number of nitrogens with two attached hydrogens (primary N) is 1. The van der Waals surface area contributed by atoms with E-state index in [1.54, 1.807) is 6.92 Å². The van der Waals surface area contributed by atoms with Crippen LogP contribution in [0.25, 0.3) is 11.5 Å². The average Bonchev–Trinajstić information content (AvgIpc) is 2.87. The van der Waals surface area contributed by atoms with E-state index in [1.165, 1.54) is 18.5 Å². The van der Waals surface area contributed by atoms with Crippen LogP contribution in [-0.4, -0.2) is 28.3 Å². The van der Waals surface area contributed by atoms with Crippen LogP contribution in [0.5, 0.6) is 0 Å². The summed E-state index contributed by atoms with van der Waals surface area (Å²) in [5.74, 6) is 0.448. The Morgan fingerprint density at radius 3 is 3.05 bits per heavy atom. The summed E-state index contributed by atoms with van der Waals surface area (Å²) in [5.41, 5.74) is 5.31. The molecule has 102 valence electrons. The van der Waals surface area contributed by atoms with Crippen molar-refractivity contribution >= 4 is 0 Å². The highest BCUT2D eigenvalue weighted by Gasteiger charge is 2.28. The fourth-order valence-electron chi connectivity index (χ4n) is 1.53. The third-order valence-corrected chi connectivity index (χ3v) is 2.60. The van der Waals surface area contributed by atoms with E-state index in [0.29, 0.717) is 18.0 Å². The van der Waals surface area contributed by atoms with E-state index in [1.807, 2.05) is 6.92 Å². The van der Waals surface area contributed by atoms with Crippen molar-refractivity contribution in [3.05, 3.63) is 34.5 Å². The van der Waals surface area contributed by atoms with Gasteiger partial charge in [0.15, 0.2) is 11.3 Å². The molecular formula is C12H16N4O3. The Balaban J connectivity index is 2.29. The molecule has 2 heterocycles. The predicted molar refractivity (Wildman–Crippen MR) is 68.4 cm³/mol. The highest BCUT2D eigenvalue weighted by Crippen LogP contribution is 2.18. The first-order valence-corrected chi connectivity index (χ1v) is 5.93. The van der Waals surface area contributed by atoms with Crippen molar-refractivity contribution in [2.24, 2.45) is 5.73 Å². The number of hydrogen-bond acceptors (Lipinski definition) is 6. The summed E-state index contributed by atoms with van der Waals surface area (Å²) < 4.78 is 10.4. The molecule has 0 bridgehead atoms. The largest absolute Gasteiger partial charge is 0.379 e. The minimum Gasteiger partial charge on any atom is -0.379 e. The summed E-state index contributed by atoms with van der Waals surface area (Å²) in [6.07, 6.45) is 3.04. The van der Waals surface area contributed by atoms with Gasteiger partial charge in [-0.15, -0.1) is 0 Å². The molecule has 1 atom stereocenters. The van der Waals surface area contributed by atoms with E-state index in [2.05, 4.69) is 15.1 Å². The van der Waals surface area contributed by atoms with Crippen molar-refractivity contribution in [3.8, 4) is 11.5 Å². The minimum absolute atomic E-state index is 0.144. The monoisotopic (exact) mass is 264 g/mol. The maximum atomic E-state index is 11.6. The van der Waals surface area contributed by atoms with Gasteiger partial charge >= 0.3 is 0 Å². The maximum Gasteiger partial charge on any atom is 0.263 e. The van der Waals surface area contributed by atoms with Gasteiger partial charge < -0.3 is 20.0 Å². The van der Waals surface area contributed by atoms with Gasteiger partial charge in [0.2, 0.25) is 0 Å². The van der Waals surface area contributed by atoms with Crippen LogP contribution in [0.3, 0.4) is 0 Å². The first kappa shape index (κ1) is 13.4. The summed E-state index contributed by atoms with van der Waals surface area (Å²) in [6.45, 7) is 4.44. The second kappa shape index (κ2) is 5.33. The number of H-pyrrole nitrogens is 1. The zero-order chi connectivity index (χ0) is 13.9. The molecule has 3 N–H and O–H groups in total. The van der Waals surface area contributed by atoms with E-state index < -0.39 is 5.54 Å². The van der Waals surface area contributed by atoms with E-state index >= 15 is 0 Å². The van der Waals surface area contributed by atoms with Gasteiger partial charge in [0, 0.05) is 25.1 Å². The fraction of sp³-hybridized carbons (Fsp3) is 0.417. The smallest absolute Gasteiger partial charge is 0.263 e. The van der Waals surface area contributed by atoms with Crippen molar-refractivity contribution in [2.45, 2.75) is 19.4 Å². The lowest BCUT2D eigenvalue weighted by Crippen LogP contribution is -2.39. The molecular weight excluding hydrogens is 248 g/mol. The lowest BCUT2D eigenvalue weighted by Gasteiger charge is -2.19. The van der Waals surface area contributed by atoms with Crippen LogP contribution < -0.4 is 11.2 Å². The van der Waals surface area contributed by atoms with Crippen LogP contribution in [-0.2, 0) is 10.3 Å². The summed E-state index contributed by atoms with van der Waals surface area (Å²) in [7, 11) is 0. The molecule has 0 aliphatic heterocycles. The van der Waals surface area contributed by atoms with Crippen LogP contribution in [0.15, 0.2) is 27.8 Å². The second-order valence-corrected chi connectivity index (χ2v) is 4.40. The number of pyridine rings is 1. The zero-order valence-corrected chi connectivity index (χ0v) is 10.8. The molecule has 2 rings (SSSR count). The van der Waals surface area contributed by atoms with Gasteiger partial charge in [-0.1, -0.05) is 5.16 Å². The molecule has 2 aromatic heterocycles. The molecule has 0 spiro atoms. The van der Waals surface area contributed by atoms with Crippen molar-refractivity contribution < 1.29 is 9.26 Å².